The number of para-hydroxylation sites is 1. The van der Waals surface area contributed by atoms with Gasteiger partial charge in [0, 0.05) is 12.7 Å². The van der Waals surface area contributed by atoms with Gasteiger partial charge in [-0.25, -0.2) is 19.0 Å². The molecule has 0 aliphatic rings. The number of benzene rings is 2. The fraction of sp³-hybridized carbons (Fsp3) is 0.136. The van der Waals surface area contributed by atoms with E-state index in [0.717, 1.165) is 5.69 Å². The minimum Gasteiger partial charge on any atom is -0.467 e. The van der Waals surface area contributed by atoms with Crippen molar-refractivity contribution in [3.8, 4) is 11.6 Å². The zero-order valence-electron chi connectivity index (χ0n) is 17.1. The van der Waals surface area contributed by atoms with Crippen LogP contribution in [0.15, 0.2) is 67.1 Å². The van der Waals surface area contributed by atoms with E-state index in [1.807, 2.05) is 30.3 Å². The summed E-state index contributed by atoms with van der Waals surface area (Å²) in [6.07, 6.45) is 2.91. The molecule has 0 bridgehead atoms. The molecule has 4 aromatic rings. The van der Waals surface area contributed by atoms with Crippen LogP contribution in [0.4, 0.5) is 10.1 Å². The van der Waals surface area contributed by atoms with Crippen molar-refractivity contribution in [3.63, 3.8) is 0 Å². The van der Waals surface area contributed by atoms with Crippen LogP contribution < -0.4 is 10.1 Å². The number of amides is 2. The molecule has 0 unspecified atom stereocenters. The molecule has 2 aromatic heterocycles. The molecule has 0 aliphatic carbocycles. The molecule has 2 heterocycles. The summed E-state index contributed by atoms with van der Waals surface area (Å²) < 4.78 is 20.2. The van der Waals surface area contributed by atoms with Crippen LogP contribution in [-0.2, 0) is 9.59 Å². The number of halogens is 1. The molecule has 9 nitrogen and oxygen atoms in total. The van der Waals surface area contributed by atoms with E-state index >= 15 is 0 Å². The lowest BCUT2D eigenvalue weighted by molar-refractivity contribution is -0.135. The highest BCUT2D eigenvalue weighted by Crippen LogP contribution is 2.23. The number of fused-ring (bicyclic) bond motifs is 1. The number of hydrogen-bond acceptors (Lipinski definition) is 6. The maximum atomic E-state index is 13.0. The average Bonchev–Trinajstić information content (AvgIpc) is 3.24. The van der Waals surface area contributed by atoms with E-state index in [4.69, 9.17) is 4.74 Å². The largest absolute Gasteiger partial charge is 0.467 e. The van der Waals surface area contributed by atoms with E-state index in [0.29, 0.717) is 16.7 Å². The number of rotatable bonds is 7. The predicted octanol–water partition coefficient (Wildman–Crippen LogP) is 2.43. The van der Waals surface area contributed by atoms with E-state index in [1.165, 1.54) is 42.5 Å². The minimum atomic E-state index is -0.416. The lowest BCUT2D eigenvalue weighted by atomic mass is 10.3. The van der Waals surface area contributed by atoms with Gasteiger partial charge in [0.1, 0.15) is 17.5 Å². The maximum Gasteiger partial charge on any atom is 0.260 e. The van der Waals surface area contributed by atoms with Gasteiger partial charge in [0.2, 0.25) is 11.8 Å². The molecule has 2 amide bonds. The Morgan fingerprint density at radius 1 is 1.09 bits per heavy atom. The zero-order chi connectivity index (χ0) is 22.5. The second kappa shape index (κ2) is 9.21. The molecule has 32 heavy (non-hydrogen) atoms. The van der Waals surface area contributed by atoms with Crippen LogP contribution in [0.2, 0.25) is 0 Å². The second-order valence-electron chi connectivity index (χ2n) is 6.90. The fourth-order valence-electron chi connectivity index (χ4n) is 2.97. The van der Waals surface area contributed by atoms with Gasteiger partial charge in [0.05, 0.1) is 18.4 Å². The Labute approximate surface area is 182 Å². The number of likely N-dealkylation sites (N-methyl/N-ethyl adjacent to an activating group) is 1. The molecule has 0 atom stereocenters. The van der Waals surface area contributed by atoms with E-state index < -0.39 is 17.6 Å². The molecule has 0 saturated carbocycles. The Morgan fingerprint density at radius 3 is 2.59 bits per heavy atom. The monoisotopic (exact) mass is 434 g/mol. The van der Waals surface area contributed by atoms with Gasteiger partial charge in [-0.1, -0.05) is 18.2 Å². The highest BCUT2D eigenvalue weighted by molar-refractivity contribution is 5.94. The lowest BCUT2D eigenvalue weighted by Gasteiger charge is -2.17. The number of aromatic nitrogens is 4. The minimum absolute atomic E-state index is 0.190. The third-order valence-corrected chi connectivity index (χ3v) is 4.60. The number of anilines is 1. The summed E-state index contributed by atoms with van der Waals surface area (Å²) in [6.45, 7) is -0.506. The van der Waals surface area contributed by atoms with E-state index in [-0.39, 0.29) is 19.0 Å². The van der Waals surface area contributed by atoms with E-state index in [1.54, 1.807) is 10.9 Å². The number of carbonyl (C=O) groups excluding carboxylic acids is 2. The number of nitrogens with zero attached hydrogens (tertiary/aromatic N) is 5. The molecule has 0 saturated heterocycles. The Morgan fingerprint density at radius 2 is 1.84 bits per heavy atom. The Kier molecular flexibility index (Phi) is 6.02. The van der Waals surface area contributed by atoms with Crippen molar-refractivity contribution in [2.45, 2.75) is 0 Å². The molecular weight excluding hydrogens is 415 g/mol. The molecule has 1 N–H and O–H groups in total. The van der Waals surface area contributed by atoms with Gasteiger partial charge in [0.25, 0.3) is 5.91 Å². The summed E-state index contributed by atoms with van der Waals surface area (Å²) in [5.74, 6) is -1.02. The quantitative estimate of drug-likeness (QED) is 0.479. The van der Waals surface area contributed by atoms with Crippen molar-refractivity contribution in [3.05, 3.63) is 72.9 Å². The van der Waals surface area contributed by atoms with Gasteiger partial charge in [-0.3, -0.25) is 9.59 Å². The van der Waals surface area contributed by atoms with Crippen LogP contribution in [-0.4, -0.2) is 56.7 Å². The van der Waals surface area contributed by atoms with Gasteiger partial charge in [0.15, 0.2) is 12.3 Å². The Hall–Kier alpha value is -4.34. The van der Waals surface area contributed by atoms with Crippen molar-refractivity contribution in [1.29, 1.82) is 0 Å². The number of ether oxygens (including phenoxy) is 1. The van der Waals surface area contributed by atoms with Crippen LogP contribution >= 0.6 is 0 Å². The van der Waals surface area contributed by atoms with Crippen LogP contribution in [0, 0.1) is 5.82 Å². The van der Waals surface area contributed by atoms with Crippen molar-refractivity contribution < 1.29 is 18.7 Å². The molecule has 2 aromatic carbocycles. The molecule has 10 heteroatoms. The average molecular weight is 434 g/mol. The van der Waals surface area contributed by atoms with Gasteiger partial charge in [-0.15, -0.1) is 0 Å². The molecule has 0 fully saturated rings. The third-order valence-electron chi connectivity index (χ3n) is 4.60. The van der Waals surface area contributed by atoms with Crippen molar-refractivity contribution in [1.82, 2.24) is 24.6 Å². The molecule has 0 radical (unpaired) electrons. The predicted molar refractivity (Wildman–Crippen MR) is 115 cm³/mol. The zero-order valence-corrected chi connectivity index (χ0v) is 17.1. The smallest absolute Gasteiger partial charge is 0.260 e. The number of nitrogens with one attached hydrogen (secondary N) is 1. The van der Waals surface area contributed by atoms with Crippen LogP contribution in [0.1, 0.15) is 0 Å². The van der Waals surface area contributed by atoms with Crippen LogP contribution in [0.5, 0.6) is 5.88 Å². The normalized spacial score (nSPS) is 10.7. The topological polar surface area (TPSA) is 102 Å². The molecule has 0 spiro atoms. The van der Waals surface area contributed by atoms with Crippen LogP contribution in [0.25, 0.3) is 16.7 Å². The lowest BCUT2D eigenvalue weighted by Crippen LogP contribution is -2.37. The molecule has 162 valence electrons. The highest BCUT2D eigenvalue weighted by atomic mass is 19.1. The standard InChI is InChI=1S/C22H19FN6O3/c1-28(12-19(30)27-16-9-7-15(23)8-10-16)20(31)13-32-22-18-11-26-29(21(18)24-14-25-22)17-5-3-2-4-6-17/h2-11,14H,12-13H2,1H3,(H,27,30). The summed E-state index contributed by atoms with van der Waals surface area (Å²) in [6, 6.07) is 14.8. The molecular formula is C22H19FN6O3. The first-order chi connectivity index (χ1) is 15.5. The Balaban J connectivity index is 1.37. The second-order valence-corrected chi connectivity index (χ2v) is 6.90. The molecule has 4 rings (SSSR count). The van der Waals surface area contributed by atoms with Crippen molar-refractivity contribution >= 4 is 28.5 Å². The summed E-state index contributed by atoms with van der Waals surface area (Å²) >= 11 is 0. The van der Waals surface area contributed by atoms with E-state index in [9.17, 15) is 14.0 Å². The number of carbonyl (C=O) groups is 2. The summed E-state index contributed by atoms with van der Waals surface area (Å²) in [4.78, 5) is 34.1. The fourth-order valence-corrected chi connectivity index (χ4v) is 2.97. The highest BCUT2D eigenvalue weighted by Gasteiger charge is 2.17. The Bertz CT molecular complexity index is 1240. The first kappa shape index (κ1) is 20.9. The van der Waals surface area contributed by atoms with Gasteiger partial charge < -0.3 is 15.0 Å². The van der Waals surface area contributed by atoms with Gasteiger partial charge >= 0.3 is 0 Å². The SMILES string of the molecule is CN(CC(=O)Nc1ccc(F)cc1)C(=O)COc1ncnc2c1cnn2-c1ccccc1. The maximum absolute atomic E-state index is 13.0. The van der Waals surface area contributed by atoms with Gasteiger partial charge in [-0.2, -0.15) is 5.10 Å². The summed E-state index contributed by atoms with van der Waals surface area (Å²) in [5.41, 5.74) is 1.81. The first-order valence-electron chi connectivity index (χ1n) is 9.67. The van der Waals surface area contributed by atoms with Crippen molar-refractivity contribution in [2.75, 3.05) is 25.5 Å². The molecule has 0 aliphatic heterocycles. The van der Waals surface area contributed by atoms with Gasteiger partial charge in [-0.05, 0) is 36.4 Å². The third kappa shape index (κ3) is 4.69. The number of hydrogen-bond donors (Lipinski definition) is 1. The van der Waals surface area contributed by atoms with E-state index in [2.05, 4.69) is 20.4 Å². The first-order valence-corrected chi connectivity index (χ1v) is 9.67. The van der Waals surface area contributed by atoms with Crippen LogP contribution in [0.3, 0.4) is 0 Å². The van der Waals surface area contributed by atoms with Crippen molar-refractivity contribution in [2.24, 2.45) is 0 Å². The summed E-state index contributed by atoms with van der Waals surface area (Å²) in [5, 5.41) is 7.49. The summed E-state index contributed by atoms with van der Waals surface area (Å²) in [7, 11) is 1.49.